The van der Waals surface area contributed by atoms with Crippen LogP contribution in [-0.4, -0.2) is 19.5 Å². The SMILES string of the molecule is Cc1ccc(Br)cc1S(=O)(=O)Nc1ccc(F)cc1C(=O)O. The van der Waals surface area contributed by atoms with Crippen LogP contribution in [0.2, 0.25) is 0 Å². The molecule has 0 atom stereocenters. The van der Waals surface area contributed by atoms with E-state index in [1.165, 1.54) is 6.07 Å². The average molecular weight is 388 g/mol. The summed E-state index contributed by atoms with van der Waals surface area (Å²) in [5.41, 5.74) is -0.167. The second kappa shape index (κ2) is 6.05. The van der Waals surface area contributed by atoms with Gasteiger partial charge in [-0.1, -0.05) is 22.0 Å². The quantitative estimate of drug-likeness (QED) is 0.841. The summed E-state index contributed by atoms with van der Waals surface area (Å²) in [5.74, 6) is -2.19. The van der Waals surface area contributed by atoms with Crippen LogP contribution in [0.1, 0.15) is 15.9 Å². The van der Waals surface area contributed by atoms with Crippen LogP contribution in [0.5, 0.6) is 0 Å². The molecule has 0 aliphatic rings. The summed E-state index contributed by atoms with van der Waals surface area (Å²) in [5, 5.41) is 9.05. The number of rotatable bonds is 4. The molecule has 5 nitrogen and oxygen atoms in total. The highest BCUT2D eigenvalue weighted by Gasteiger charge is 2.21. The van der Waals surface area contributed by atoms with E-state index in [9.17, 15) is 17.6 Å². The highest BCUT2D eigenvalue weighted by Crippen LogP contribution is 2.25. The number of carboxylic acids is 1. The molecule has 0 aromatic heterocycles. The number of benzene rings is 2. The molecule has 2 N–H and O–H groups in total. The van der Waals surface area contributed by atoms with Crippen molar-refractivity contribution in [2.75, 3.05) is 4.72 Å². The lowest BCUT2D eigenvalue weighted by molar-refractivity contribution is 0.0697. The lowest BCUT2D eigenvalue weighted by Gasteiger charge is -2.12. The normalized spacial score (nSPS) is 11.2. The number of sulfonamides is 1. The fourth-order valence-electron chi connectivity index (χ4n) is 1.85. The van der Waals surface area contributed by atoms with Gasteiger partial charge in [0.1, 0.15) is 5.82 Å². The van der Waals surface area contributed by atoms with E-state index in [1.807, 2.05) is 0 Å². The Morgan fingerprint density at radius 2 is 1.91 bits per heavy atom. The van der Waals surface area contributed by atoms with Gasteiger partial charge in [0, 0.05) is 4.47 Å². The van der Waals surface area contributed by atoms with E-state index in [1.54, 1.807) is 19.1 Å². The minimum atomic E-state index is -4.00. The number of carboxylic acid groups (broad SMARTS) is 1. The number of aromatic carboxylic acids is 1. The predicted octanol–water partition coefficient (Wildman–Crippen LogP) is 3.40. The van der Waals surface area contributed by atoms with Gasteiger partial charge in [-0.15, -0.1) is 0 Å². The van der Waals surface area contributed by atoms with Crippen molar-refractivity contribution in [1.82, 2.24) is 0 Å². The number of carbonyl (C=O) groups is 1. The molecule has 116 valence electrons. The Morgan fingerprint density at radius 1 is 1.23 bits per heavy atom. The van der Waals surface area contributed by atoms with E-state index in [2.05, 4.69) is 20.7 Å². The van der Waals surface area contributed by atoms with Crippen molar-refractivity contribution in [3.63, 3.8) is 0 Å². The number of anilines is 1. The first-order chi connectivity index (χ1) is 10.2. The maximum Gasteiger partial charge on any atom is 0.337 e. The van der Waals surface area contributed by atoms with E-state index in [0.29, 0.717) is 10.0 Å². The molecule has 0 amide bonds. The van der Waals surface area contributed by atoms with Crippen molar-refractivity contribution in [1.29, 1.82) is 0 Å². The van der Waals surface area contributed by atoms with Gasteiger partial charge < -0.3 is 5.11 Å². The van der Waals surface area contributed by atoms with Gasteiger partial charge in [0.05, 0.1) is 16.1 Å². The topological polar surface area (TPSA) is 83.5 Å². The summed E-state index contributed by atoms with van der Waals surface area (Å²) in [4.78, 5) is 11.1. The van der Waals surface area contributed by atoms with Crippen molar-refractivity contribution in [3.05, 3.63) is 57.8 Å². The highest BCUT2D eigenvalue weighted by molar-refractivity contribution is 9.10. The fourth-order valence-corrected chi connectivity index (χ4v) is 3.71. The lowest BCUT2D eigenvalue weighted by Crippen LogP contribution is -2.16. The molecule has 0 unspecified atom stereocenters. The molecule has 0 aliphatic heterocycles. The van der Waals surface area contributed by atoms with E-state index >= 15 is 0 Å². The molecule has 2 aromatic carbocycles. The van der Waals surface area contributed by atoms with Crippen molar-refractivity contribution < 1.29 is 22.7 Å². The second-order valence-electron chi connectivity index (χ2n) is 4.51. The number of nitrogens with one attached hydrogen (secondary N) is 1. The van der Waals surface area contributed by atoms with Crippen molar-refractivity contribution in [2.24, 2.45) is 0 Å². The number of hydrogen-bond acceptors (Lipinski definition) is 3. The maximum atomic E-state index is 13.1. The second-order valence-corrected chi connectivity index (χ2v) is 7.08. The van der Waals surface area contributed by atoms with E-state index in [0.717, 1.165) is 18.2 Å². The number of aryl methyl sites for hydroxylation is 1. The molecule has 2 aromatic rings. The third-order valence-corrected chi connectivity index (χ3v) is 4.90. The van der Waals surface area contributed by atoms with Crippen molar-refractivity contribution in [2.45, 2.75) is 11.8 Å². The Balaban J connectivity index is 2.50. The predicted molar refractivity (Wildman–Crippen MR) is 83.0 cm³/mol. The van der Waals surface area contributed by atoms with Crippen LogP contribution in [0, 0.1) is 12.7 Å². The van der Waals surface area contributed by atoms with Gasteiger partial charge in [-0.05, 0) is 42.8 Å². The summed E-state index contributed by atoms with van der Waals surface area (Å²) in [7, 11) is -4.00. The molecular weight excluding hydrogens is 377 g/mol. The fraction of sp³-hybridized carbons (Fsp3) is 0.0714. The molecule has 0 fully saturated rings. The zero-order chi connectivity index (χ0) is 16.5. The zero-order valence-electron chi connectivity index (χ0n) is 11.3. The summed E-state index contributed by atoms with van der Waals surface area (Å²) >= 11 is 3.19. The molecular formula is C14H11BrFNO4S. The largest absolute Gasteiger partial charge is 0.478 e. The molecule has 0 bridgehead atoms. The molecule has 0 saturated heterocycles. The first kappa shape index (κ1) is 16.4. The Labute approximate surface area is 135 Å². The lowest BCUT2D eigenvalue weighted by atomic mass is 10.2. The monoisotopic (exact) mass is 387 g/mol. The standard InChI is InChI=1S/C14H11BrFNO4S/c1-8-2-3-9(15)6-13(8)22(20,21)17-12-5-4-10(16)7-11(12)14(18)19/h2-7,17H,1H3,(H,18,19). The smallest absolute Gasteiger partial charge is 0.337 e. The Bertz CT molecular complexity index is 852. The third-order valence-electron chi connectivity index (χ3n) is 2.90. The molecule has 8 heteroatoms. The number of hydrogen-bond donors (Lipinski definition) is 2. The Kier molecular flexibility index (Phi) is 4.52. The summed E-state index contributed by atoms with van der Waals surface area (Å²) in [6.45, 7) is 1.61. The molecule has 0 spiro atoms. The van der Waals surface area contributed by atoms with Crippen LogP contribution in [0.15, 0.2) is 45.8 Å². The van der Waals surface area contributed by atoms with Crippen LogP contribution in [0.25, 0.3) is 0 Å². The average Bonchev–Trinajstić information content (AvgIpc) is 2.43. The first-order valence-corrected chi connectivity index (χ1v) is 8.30. The van der Waals surface area contributed by atoms with Crippen LogP contribution < -0.4 is 4.72 Å². The zero-order valence-corrected chi connectivity index (χ0v) is 13.7. The third kappa shape index (κ3) is 3.45. The summed E-state index contributed by atoms with van der Waals surface area (Å²) in [6.07, 6.45) is 0. The molecule has 22 heavy (non-hydrogen) atoms. The van der Waals surface area contributed by atoms with Crippen LogP contribution in [0.3, 0.4) is 0 Å². The van der Waals surface area contributed by atoms with Gasteiger partial charge in [-0.3, -0.25) is 4.72 Å². The summed E-state index contributed by atoms with van der Waals surface area (Å²) < 4.78 is 40.7. The van der Waals surface area contributed by atoms with Crippen molar-refractivity contribution >= 4 is 37.6 Å². The molecule has 0 heterocycles. The van der Waals surface area contributed by atoms with Crippen molar-refractivity contribution in [3.8, 4) is 0 Å². The van der Waals surface area contributed by atoms with Gasteiger partial charge >= 0.3 is 5.97 Å². The molecule has 0 aliphatic carbocycles. The molecule has 0 radical (unpaired) electrons. The molecule has 0 saturated carbocycles. The Morgan fingerprint density at radius 3 is 2.55 bits per heavy atom. The van der Waals surface area contributed by atoms with Gasteiger partial charge in [0.25, 0.3) is 10.0 Å². The maximum absolute atomic E-state index is 13.1. The summed E-state index contributed by atoms with van der Waals surface area (Å²) in [6, 6.07) is 7.52. The van der Waals surface area contributed by atoms with Crippen LogP contribution in [-0.2, 0) is 10.0 Å². The van der Waals surface area contributed by atoms with Gasteiger partial charge in [-0.2, -0.15) is 0 Å². The first-order valence-electron chi connectivity index (χ1n) is 6.02. The Hall–Kier alpha value is -1.93. The minimum absolute atomic E-state index is 0.00235. The van der Waals surface area contributed by atoms with E-state index < -0.39 is 27.4 Å². The highest BCUT2D eigenvalue weighted by atomic mass is 79.9. The van der Waals surface area contributed by atoms with Crippen LogP contribution >= 0.6 is 15.9 Å². The van der Waals surface area contributed by atoms with Crippen LogP contribution in [0.4, 0.5) is 10.1 Å². The minimum Gasteiger partial charge on any atom is -0.478 e. The van der Waals surface area contributed by atoms with E-state index in [-0.39, 0.29) is 10.6 Å². The van der Waals surface area contributed by atoms with Gasteiger partial charge in [0.2, 0.25) is 0 Å². The number of halogens is 2. The van der Waals surface area contributed by atoms with Gasteiger partial charge in [-0.25, -0.2) is 17.6 Å². The van der Waals surface area contributed by atoms with Gasteiger partial charge in [0.15, 0.2) is 0 Å². The molecule has 2 rings (SSSR count). The van der Waals surface area contributed by atoms with E-state index in [4.69, 9.17) is 5.11 Å².